The third-order valence-electron chi connectivity index (χ3n) is 6.80. The molecule has 0 aromatic heterocycles. The number of carbonyl (C=O) groups is 2. The van der Waals surface area contributed by atoms with E-state index in [4.69, 9.17) is 0 Å². The minimum atomic E-state index is -0.103. The van der Waals surface area contributed by atoms with Crippen LogP contribution < -0.4 is 10.2 Å². The van der Waals surface area contributed by atoms with Gasteiger partial charge in [-0.15, -0.1) is 0 Å². The summed E-state index contributed by atoms with van der Waals surface area (Å²) in [6, 6.07) is 22.3. The lowest BCUT2D eigenvalue weighted by molar-refractivity contribution is -0.114. The van der Waals surface area contributed by atoms with Gasteiger partial charge in [-0.3, -0.25) is 14.5 Å². The molecule has 3 aromatic carbocycles. The molecular formula is C30H31N3O2S. The summed E-state index contributed by atoms with van der Waals surface area (Å²) in [6.07, 6.45) is 3.92. The van der Waals surface area contributed by atoms with Crippen LogP contribution in [0.2, 0.25) is 0 Å². The lowest BCUT2D eigenvalue weighted by Gasteiger charge is -2.28. The van der Waals surface area contributed by atoms with E-state index < -0.39 is 0 Å². The fourth-order valence-electron chi connectivity index (χ4n) is 4.80. The van der Waals surface area contributed by atoms with Crippen LogP contribution in [0.4, 0.5) is 5.69 Å². The summed E-state index contributed by atoms with van der Waals surface area (Å²) in [5, 5.41) is 3.05. The Kier molecular flexibility index (Phi) is 7.25. The first kappa shape index (κ1) is 24.3. The van der Waals surface area contributed by atoms with Gasteiger partial charge in [0.1, 0.15) is 0 Å². The van der Waals surface area contributed by atoms with Gasteiger partial charge in [0.2, 0.25) is 0 Å². The Morgan fingerprint density at radius 1 is 1.06 bits per heavy atom. The predicted octanol–water partition coefficient (Wildman–Crippen LogP) is 5.28. The minimum absolute atomic E-state index is 0.0605. The third kappa shape index (κ3) is 5.40. The Morgan fingerprint density at radius 3 is 2.72 bits per heavy atom. The van der Waals surface area contributed by atoms with Crippen LogP contribution in [0.1, 0.15) is 39.0 Å². The van der Waals surface area contributed by atoms with E-state index in [-0.39, 0.29) is 11.8 Å². The topological polar surface area (TPSA) is 52.7 Å². The van der Waals surface area contributed by atoms with Gasteiger partial charge in [0, 0.05) is 43.7 Å². The van der Waals surface area contributed by atoms with E-state index in [9.17, 15) is 9.59 Å². The highest BCUT2D eigenvalue weighted by atomic mass is 32.2. The van der Waals surface area contributed by atoms with E-state index >= 15 is 0 Å². The average molecular weight is 498 g/mol. The molecule has 0 saturated carbocycles. The largest absolute Gasteiger partial charge is 0.352 e. The zero-order chi connectivity index (χ0) is 25.1. The van der Waals surface area contributed by atoms with Gasteiger partial charge in [-0.2, -0.15) is 0 Å². The molecule has 1 N–H and O–H groups in total. The molecule has 5 nitrogen and oxygen atoms in total. The summed E-state index contributed by atoms with van der Waals surface area (Å²) < 4.78 is 0. The second kappa shape index (κ2) is 10.7. The molecule has 2 amide bonds. The first-order valence-electron chi connectivity index (χ1n) is 12.4. The number of amides is 2. The zero-order valence-electron chi connectivity index (χ0n) is 20.8. The van der Waals surface area contributed by atoms with Crippen LogP contribution >= 0.6 is 11.8 Å². The van der Waals surface area contributed by atoms with Crippen LogP contribution in [0.5, 0.6) is 0 Å². The Balaban J connectivity index is 1.18. The maximum absolute atomic E-state index is 13.0. The number of thioether (sulfide) groups is 1. The molecule has 0 spiro atoms. The SMILES string of the molecule is Cc1cccc(/C=C2/Sc3ccc(C(=O)NCCCN4CCc5ccccc5C4)cc3N(C)C2=O)c1. The summed E-state index contributed by atoms with van der Waals surface area (Å²) in [7, 11) is 1.77. The standard InChI is InChI=1S/C30H31N3O2S/c1-21-7-5-8-22(17-21)18-28-30(35)32(2)26-19-24(11-12-27(26)36-28)29(34)31-14-6-15-33-16-13-23-9-3-4-10-25(23)20-33/h3-5,7-12,17-19H,6,13-16,20H2,1-2H3,(H,31,34)/b28-18+. The first-order chi connectivity index (χ1) is 17.5. The number of nitrogens with zero attached hydrogens (tertiary/aromatic N) is 2. The predicted molar refractivity (Wildman–Crippen MR) is 147 cm³/mol. The van der Waals surface area contributed by atoms with Crippen molar-refractivity contribution in [3.63, 3.8) is 0 Å². The van der Waals surface area contributed by atoms with Gasteiger partial charge >= 0.3 is 0 Å². The fourth-order valence-corrected chi connectivity index (χ4v) is 5.89. The molecule has 2 heterocycles. The maximum Gasteiger partial charge on any atom is 0.264 e. The Labute approximate surface area is 217 Å². The molecule has 0 bridgehead atoms. The molecule has 2 aliphatic heterocycles. The normalized spacial score (nSPS) is 16.6. The van der Waals surface area contributed by atoms with Gasteiger partial charge in [-0.25, -0.2) is 0 Å². The molecule has 0 atom stereocenters. The van der Waals surface area contributed by atoms with Gasteiger partial charge < -0.3 is 10.2 Å². The van der Waals surface area contributed by atoms with Crippen molar-refractivity contribution in [2.24, 2.45) is 0 Å². The molecule has 184 valence electrons. The maximum atomic E-state index is 13.0. The average Bonchev–Trinajstić information content (AvgIpc) is 2.89. The molecule has 0 aliphatic carbocycles. The molecule has 6 heteroatoms. The Bertz CT molecular complexity index is 1330. The van der Waals surface area contributed by atoms with Crippen LogP contribution in [0.25, 0.3) is 6.08 Å². The van der Waals surface area contributed by atoms with Crippen LogP contribution in [0.3, 0.4) is 0 Å². The van der Waals surface area contributed by atoms with Crippen molar-refractivity contribution in [3.05, 3.63) is 99.5 Å². The van der Waals surface area contributed by atoms with Crippen molar-refractivity contribution in [1.29, 1.82) is 0 Å². The molecule has 0 unspecified atom stereocenters. The highest BCUT2D eigenvalue weighted by Crippen LogP contribution is 2.42. The van der Waals surface area contributed by atoms with Crippen LogP contribution in [0, 0.1) is 6.92 Å². The number of fused-ring (bicyclic) bond motifs is 2. The van der Waals surface area contributed by atoms with Crippen LogP contribution in [-0.2, 0) is 17.8 Å². The van der Waals surface area contributed by atoms with E-state index in [1.807, 2.05) is 49.4 Å². The van der Waals surface area contributed by atoms with Gasteiger partial charge in [0.25, 0.3) is 11.8 Å². The Morgan fingerprint density at radius 2 is 1.89 bits per heavy atom. The highest BCUT2D eigenvalue weighted by Gasteiger charge is 2.27. The molecule has 0 radical (unpaired) electrons. The number of aryl methyl sites for hydroxylation is 1. The van der Waals surface area contributed by atoms with E-state index in [0.29, 0.717) is 17.0 Å². The zero-order valence-corrected chi connectivity index (χ0v) is 21.6. The molecule has 5 rings (SSSR count). The number of likely N-dealkylation sites (N-methyl/N-ethyl adjacent to an activating group) is 1. The number of benzene rings is 3. The van der Waals surface area contributed by atoms with Crippen molar-refractivity contribution >= 4 is 35.3 Å². The lowest BCUT2D eigenvalue weighted by Crippen LogP contribution is -2.34. The monoisotopic (exact) mass is 497 g/mol. The van der Waals surface area contributed by atoms with Crippen LogP contribution in [0.15, 0.2) is 76.5 Å². The van der Waals surface area contributed by atoms with Gasteiger partial charge in [0.15, 0.2) is 0 Å². The number of nitrogens with one attached hydrogen (secondary N) is 1. The molecule has 0 saturated heterocycles. The molecule has 36 heavy (non-hydrogen) atoms. The van der Waals surface area contributed by atoms with Crippen LogP contribution in [-0.4, -0.2) is 43.4 Å². The summed E-state index contributed by atoms with van der Waals surface area (Å²) in [4.78, 5) is 31.6. The van der Waals surface area contributed by atoms with E-state index in [2.05, 4.69) is 40.5 Å². The summed E-state index contributed by atoms with van der Waals surface area (Å²) >= 11 is 1.46. The van der Waals surface area contributed by atoms with Crippen molar-refractivity contribution in [3.8, 4) is 0 Å². The summed E-state index contributed by atoms with van der Waals surface area (Å²) in [5.41, 5.74) is 6.37. The third-order valence-corrected chi connectivity index (χ3v) is 7.88. The number of hydrogen-bond acceptors (Lipinski definition) is 4. The quantitative estimate of drug-likeness (QED) is 0.372. The molecular weight excluding hydrogens is 466 g/mol. The second-order valence-electron chi connectivity index (χ2n) is 9.48. The van der Waals surface area contributed by atoms with E-state index in [1.165, 1.54) is 22.9 Å². The number of hydrogen-bond donors (Lipinski definition) is 1. The highest BCUT2D eigenvalue weighted by molar-refractivity contribution is 8.04. The van der Waals surface area contributed by atoms with E-state index in [1.54, 1.807) is 11.9 Å². The fraction of sp³-hybridized carbons (Fsp3) is 0.267. The van der Waals surface area contributed by atoms with Gasteiger partial charge in [-0.05, 0) is 60.7 Å². The molecule has 0 fully saturated rings. The van der Waals surface area contributed by atoms with Crippen molar-refractivity contribution in [1.82, 2.24) is 10.2 Å². The summed E-state index contributed by atoms with van der Waals surface area (Å²) in [5.74, 6) is -0.164. The minimum Gasteiger partial charge on any atom is -0.352 e. The Hall–Kier alpha value is -3.35. The number of anilines is 1. The van der Waals surface area contributed by atoms with Gasteiger partial charge in [-0.1, -0.05) is 65.9 Å². The molecule has 3 aromatic rings. The van der Waals surface area contributed by atoms with Crippen molar-refractivity contribution in [2.75, 3.05) is 31.6 Å². The lowest BCUT2D eigenvalue weighted by atomic mass is 10.00. The molecule has 2 aliphatic rings. The summed E-state index contributed by atoms with van der Waals surface area (Å²) in [6.45, 7) is 5.67. The van der Waals surface area contributed by atoms with Crippen molar-refractivity contribution in [2.45, 2.75) is 31.2 Å². The smallest absolute Gasteiger partial charge is 0.264 e. The number of rotatable bonds is 6. The first-order valence-corrected chi connectivity index (χ1v) is 13.3. The van der Waals surface area contributed by atoms with Crippen molar-refractivity contribution < 1.29 is 9.59 Å². The second-order valence-corrected chi connectivity index (χ2v) is 10.6. The van der Waals surface area contributed by atoms with E-state index in [0.717, 1.165) is 54.2 Å². The van der Waals surface area contributed by atoms with Gasteiger partial charge in [0.05, 0.1) is 10.6 Å². The number of carbonyl (C=O) groups excluding carboxylic acids is 2.